The third-order valence-electron chi connectivity index (χ3n) is 4.46. The highest BCUT2D eigenvalue weighted by molar-refractivity contribution is 7.13. The molecule has 0 spiro atoms. The predicted octanol–water partition coefficient (Wildman–Crippen LogP) is 4.78. The van der Waals surface area contributed by atoms with Gasteiger partial charge in [-0.1, -0.05) is 47.6 Å². The van der Waals surface area contributed by atoms with Crippen LogP contribution in [-0.4, -0.2) is 16.1 Å². The van der Waals surface area contributed by atoms with E-state index in [1.165, 1.54) is 11.3 Å². The van der Waals surface area contributed by atoms with Gasteiger partial charge in [-0.2, -0.15) is 4.98 Å². The molecule has 0 aliphatic carbocycles. The molecular weight excluding hydrogens is 376 g/mol. The molecule has 0 atom stereocenters. The first-order valence-corrected chi connectivity index (χ1v) is 9.56. The topological polar surface area (TPSA) is 74.5 Å². The van der Waals surface area contributed by atoms with Crippen molar-refractivity contribution >= 4 is 17.3 Å². The number of hydrogen-bond donors (Lipinski definition) is 0. The number of carbonyl (C=O) groups is 1. The van der Waals surface area contributed by atoms with Gasteiger partial charge in [0.1, 0.15) is 17.4 Å². The maximum absolute atomic E-state index is 13.0. The van der Waals surface area contributed by atoms with Gasteiger partial charge in [0.05, 0.1) is 4.88 Å². The zero-order valence-electron chi connectivity index (χ0n) is 14.6. The van der Waals surface area contributed by atoms with Crippen LogP contribution in [0.1, 0.15) is 22.9 Å². The van der Waals surface area contributed by atoms with Crippen molar-refractivity contribution in [1.82, 2.24) is 10.1 Å². The number of hydrogen-bond acceptors (Lipinski definition) is 7. The molecule has 0 amide bonds. The number of nitrogens with zero attached hydrogens (tertiary/aromatic N) is 2. The lowest BCUT2D eigenvalue weighted by Crippen LogP contribution is -2.21. The quantitative estimate of drug-likeness (QED) is 0.467. The van der Waals surface area contributed by atoms with Gasteiger partial charge in [-0.15, -0.1) is 11.3 Å². The minimum absolute atomic E-state index is 0.0844. The summed E-state index contributed by atoms with van der Waals surface area (Å²) in [6.45, 7) is -0.0844. The van der Waals surface area contributed by atoms with Gasteiger partial charge in [-0.05, 0) is 23.6 Å². The normalized spacial score (nSPS) is 12.7. The fourth-order valence-corrected chi connectivity index (χ4v) is 3.85. The molecule has 0 bridgehead atoms. The summed E-state index contributed by atoms with van der Waals surface area (Å²) in [5.74, 6) is 1.09. The molecule has 7 heteroatoms. The predicted molar refractivity (Wildman–Crippen MR) is 102 cm³/mol. The standard InChI is InChI=1S/C21H14N2O4S/c24-21(25-12-18-22-20(23-27-18)17-10-5-11-28-17)19-13-6-1-3-8-15(13)26-16-9-4-2-7-14(16)19/h1-11,19H,12H2. The van der Waals surface area contributed by atoms with E-state index in [1.807, 2.05) is 66.0 Å². The lowest BCUT2D eigenvalue weighted by molar-refractivity contribution is -0.146. The van der Waals surface area contributed by atoms with Gasteiger partial charge in [-0.25, -0.2) is 0 Å². The lowest BCUT2D eigenvalue weighted by atomic mass is 9.88. The molecule has 28 heavy (non-hydrogen) atoms. The van der Waals surface area contributed by atoms with Gasteiger partial charge in [0.25, 0.3) is 5.89 Å². The van der Waals surface area contributed by atoms with Crippen LogP contribution in [0, 0.1) is 0 Å². The first kappa shape index (κ1) is 16.7. The number of aromatic nitrogens is 2. The Morgan fingerprint density at radius 3 is 2.39 bits per heavy atom. The monoisotopic (exact) mass is 390 g/mol. The molecule has 2 aromatic carbocycles. The molecule has 4 aromatic rings. The van der Waals surface area contributed by atoms with E-state index in [2.05, 4.69) is 10.1 Å². The highest BCUT2D eigenvalue weighted by Gasteiger charge is 2.33. The molecule has 0 saturated heterocycles. The average molecular weight is 390 g/mol. The molecule has 2 aromatic heterocycles. The Labute approximate surface area is 164 Å². The Kier molecular flexibility index (Phi) is 4.14. The summed E-state index contributed by atoms with van der Waals surface area (Å²) in [6.07, 6.45) is 0. The molecule has 0 unspecified atom stereocenters. The van der Waals surface area contributed by atoms with Gasteiger partial charge in [0.15, 0.2) is 6.61 Å². The Bertz CT molecular complexity index is 1090. The molecule has 6 nitrogen and oxygen atoms in total. The number of thiophene rings is 1. The summed E-state index contributed by atoms with van der Waals surface area (Å²) in [5.41, 5.74) is 1.55. The van der Waals surface area contributed by atoms with E-state index in [0.717, 1.165) is 16.0 Å². The summed E-state index contributed by atoms with van der Waals surface area (Å²) >= 11 is 1.51. The third-order valence-corrected chi connectivity index (χ3v) is 5.33. The highest BCUT2D eigenvalue weighted by Crippen LogP contribution is 2.44. The second-order valence-electron chi connectivity index (χ2n) is 6.21. The van der Waals surface area contributed by atoms with Crippen LogP contribution in [0.4, 0.5) is 0 Å². The largest absolute Gasteiger partial charge is 0.457 e. The number of carbonyl (C=O) groups excluding carboxylic acids is 1. The van der Waals surface area contributed by atoms with Crippen molar-refractivity contribution in [1.29, 1.82) is 0 Å². The van der Waals surface area contributed by atoms with Crippen LogP contribution < -0.4 is 4.74 Å². The summed E-state index contributed by atoms with van der Waals surface area (Å²) in [4.78, 5) is 18.2. The van der Waals surface area contributed by atoms with Gasteiger partial charge in [0, 0.05) is 11.1 Å². The van der Waals surface area contributed by atoms with Crippen LogP contribution in [0.15, 0.2) is 70.6 Å². The Hall–Kier alpha value is -3.45. The van der Waals surface area contributed by atoms with Crippen LogP contribution in [0.5, 0.6) is 11.5 Å². The molecule has 0 N–H and O–H groups in total. The minimum Gasteiger partial charge on any atom is -0.457 e. The minimum atomic E-state index is -0.569. The molecule has 5 rings (SSSR count). The van der Waals surface area contributed by atoms with Gasteiger partial charge >= 0.3 is 5.97 Å². The number of para-hydroxylation sites is 2. The first-order valence-electron chi connectivity index (χ1n) is 8.68. The Balaban J connectivity index is 1.38. The van der Waals surface area contributed by atoms with E-state index in [4.69, 9.17) is 14.0 Å². The van der Waals surface area contributed by atoms with Crippen LogP contribution in [0.3, 0.4) is 0 Å². The van der Waals surface area contributed by atoms with Crippen molar-refractivity contribution in [2.75, 3.05) is 0 Å². The zero-order chi connectivity index (χ0) is 18.9. The lowest BCUT2D eigenvalue weighted by Gasteiger charge is -2.26. The van der Waals surface area contributed by atoms with Crippen LogP contribution in [0.2, 0.25) is 0 Å². The zero-order valence-corrected chi connectivity index (χ0v) is 15.4. The molecule has 0 radical (unpaired) electrons. The van der Waals surface area contributed by atoms with E-state index in [-0.39, 0.29) is 18.5 Å². The SMILES string of the molecule is O=C(OCc1nc(-c2cccs2)no1)C1c2ccccc2Oc2ccccc21. The molecule has 1 aliphatic rings. The summed E-state index contributed by atoms with van der Waals surface area (Å²) < 4.78 is 16.7. The van der Waals surface area contributed by atoms with E-state index < -0.39 is 5.92 Å². The fraction of sp³-hybridized carbons (Fsp3) is 0.0952. The summed E-state index contributed by atoms with van der Waals surface area (Å²) in [5, 5.41) is 5.87. The molecule has 0 fully saturated rings. The number of benzene rings is 2. The van der Waals surface area contributed by atoms with E-state index in [0.29, 0.717) is 17.3 Å². The maximum atomic E-state index is 13.0. The maximum Gasteiger partial charge on any atom is 0.318 e. The number of ether oxygens (including phenoxy) is 2. The van der Waals surface area contributed by atoms with Gasteiger partial charge in [-0.3, -0.25) is 4.79 Å². The highest BCUT2D eigenvalue weighted by atomic mass is 32.1. The van der Waals surface area contributed by atoms with Crippen LogP contribution >= 0.6 is 11.3 Å². The Morgan fingerprint density at radius 1 is 1.00 bits per heavy atom. The molecule has 1 aliphatic heterocycles. The second kappa shape index (κ2) is 6.94. The molecule has 0 saturated carbocycles. The van der Waals surface area contributed by atoms with Crippen molar-refractivity contribution in [3.05, 3.63) is 83.1 Å². The summed E-state index contributed by atoms with van der Waals surface area (Å²) in [6, 6.07) is 18.8. The van der Waals surface area contributed by atoms with Crippen molar-refractivity contribution in [3.63, 3.8) is 0 Å². The Morgan fingerprint density at radius 2 is 1.71 bits per heavy atom. The van der Waals surface area contributed by atoms with Gasteiger partial charge in [0.2, 0.25) is 5.82 Å². The van der Waals surface area contributed by atoms with Crippen molar-refractivity contribution in [2.24, 2.45) is 0 Å². The van der Waals surface area contributed by atoms with E-state index >= 15 is 0 Å². The first-order chi connectivity index (χ1) is 13.8. The number of rotatable bonds is 4. The van der Waals surface area contributed by atoms with Crippen LogP contribution in [0.25, 0.3) is 10.7 Å². The van der Waals surface area contributed by atoms with Crippen molar-refractivity contribution in [2.45, 2.75) is 12.5 Å². The van der Waals surface area contributed by atoms with E-state index in [9.17, 15) is 4.79 Å². The average Bonchev–Trinajstić information content (AvgIpc) is 3.42. The molecule has 138 valence electrons. The molecule has 3 heterocycles. The smallest absolute Gasteiger partial charge is 0.318 e. The molecular formula is C21H14N2O4S. The van der Waals surface area contributed by atoms with Crippen molar-refractivity contribution in [3.8, 4) is 22.2 Å². The fourth-order valence-electron chi connectivity index (χ4n) is 3.20. The number of esters is 1. The van der Waals surface area contributed by atoms with Gasteiger partial charge < -0.3 is 14.0 Å². The third kappa shape index (κ3) is 2.95. The second-order valence-corrected chi connectivity index (χ2v) is 7.16. The summed E-state index contributed by atoms with van der Waals surface area (Å²) in [7, 11) is 0. The van der Waals surface area contributed by atoms with Crippen LogP contribution in [-0.2, 0) is 16.1 Å². The number of fused-ring (bicyclic) bond motifs is 2. The van der Waals surface area contributed by atoms with Crippen molar-refractivity contribution < 1.29 is 18.8 Å². The van der Waals surface area contributed by atoms with E-state index in [1.54, 1.807) is 0 Å².